The fourth-order valence-corrected chi connectivity index (χ4v) is 2.76. The Morgan fingerprint density at radius 2 is 1.71 bits per heavy atom. The van der Waals surface area contributed by atoms with Crippen LogP contribution < -0.4 is 25.6 Å². The molecule has 2 aromatic rings. The Kier molecular flexibility index (Phi) is 7.77. The van der Waals surface area contributed by atoms with Gasteiger partial charge in [-0.3, -0.25) is 25.8 Å². The molecule has 0 atom stereocenters. The summed E-state index contributed by atoms with van der Waals surface area (Å²) in [6.07, 6.45) is -0.0991. The summed E-state index contributed by atoms with van der Waals surface area (Å²) in [5.74, 6) is -0.0840. The zero-order chi connectivity index (χ0) is 20.7. The molecular formula is C19H20BrN3O4S. The van der Waals surface area contributed by atoms with Gasteiger partial charge < -0.3 is 9.47 Å². The van der Waals surface area contributed by atoms with Crippen LogP contribution in [0.5, 0.6) is 11.5 Å². The summed E-state index contributed by atoms with van der Waals surface area (Å²) in [4.78, 5) is 24.8. The van der Waals surface area contributed by atoms with Gasteiger partial charge in [0, 0.05) is 4.47 Å². The second-order valence-electron chi connectivity index (χ2n) is 5.87. The molecular weight excluding hydrogens is 446 g/mol. The molecule has 148 valence electrons. The molecule has 3 N–H and O–H groups in total. The van der Waals surface area contributed by atoms with Crippen LogP contribution in [0.3, 0.4) is 0 Å². The van der Waals surface area contributed by atoms with Gasteiger partial charge in [-0.15, -0.1) is 0 Å². The number of amides is 2. The maximum absolute atomic E-state index is 12.6. The van der Waals surface area contributed by atoms with Crippen molar-refractivity contribution in [3.63, 3.8) is 0 Å². The Labute approximate surface area is 176 Å². The van der Waals surface area contributed by atoms with Crippen LogP contribution in [0.25, 0.3) is 0 Å². The highest BCUT2D eigenvalue weighted by Gasteiger charge is 2.17. The smallest absolute Gasteiger partial charge is 0.273 e. The Hall–Kier alpha value is -2.65. The number of hydrogen-bond acceptors (Lipinski definition) is 5. The van der Waals surface area contributed by atoms with Crippen LogP contribution in [0, 0.1) is 0 Å². The number of rotatable bonds is 5. The van der Waals surface area contributed by atoms with E-state index in [1.54, 1.807) is 42.5 Å². The maximum atomic E-state index is 12.6. The zero-order valence-electron chi connectivity index (χ0n) is 15.5. The van der Waals surface area contributed by atoms with Crippen LogP contribution in [0.4, 0.5) is 0 Å². The summed E-state index contributed by atoms with van der Waals surface area (Å²) < 4.78 is 11.5. The van der Waals surface area contributed by atoms with Crippen molar-refractivity contribution in [1.82, 2.24) is 16.2 Å². The van der Waals surface area contributed by atoms with Crippen molar-refractivity contribution < 1.29 is 19.1 Å². The Morgan fingerprint density at radius 1 is 1.00 bits per heavy atom. The predicted octanol–water partition coefficient (Wildman–Crippen LogP) is 3.19. The average molecular weight is 466 g/mol. The second-order valence-corrected chi connectivity index (χ2v) is 7.19. The average Bonchev–Trinajstić information content (AvgIpc) is 2.67. The van der Waals surface area contributed by atoms with E-state index in [1.165, 1.54) is 7.11 Å². The van der Waals surface area contributed by atoms with Crippen LogP contribution in [-0.4, -0.2) is 30.1 Å². The first-order valence-electron chi connectivity index (χ1n) is 8.32. The molecule has 7 nitrogen and oxygen atoms in total. The lowest BCUT2D eigenvalue weighted by Gasteiger charge is -2.16. The molecule has 0 radical (unpaired) electrons. The number of benzene rings is 2. The minimum absolute atomic E-state index is 0.0660. The van der Waals surface area contributed by atoms with E-state index in [9.17, 15) is 9.59 Å². The summed E-state index contributed by atoms with van der Waals surface area (Å²) >= 11 is 8.42. The van der Waals surface area contributed by atoms with E-state index in [4.69, 9.17) is 21.7 Å². The summed E-state index contributed by atoms with van der Waals surface area (Å²) in [7, 11) is 1.47. The van der Waals surface area contributed by atoms with Gasteiger partial charge in [0.05, 0.1) is 24.3 Å². The van der Waals surface area contributed by atoms with Crippen molar-refractivity contribution in [2.45, 2.75) is 20.0 Å². The third kappa shape index (κ3) is 5.93. The van der Waals surface area contributed by atoms with Gasteiger partial charge in [0.25, 0.3) is 11.8 Å². The van der Waals surface area contributed by atoms with Gasteiger partial charge in [0.2, 0.25) is 0 Å². The Balaban J connectivity index is 2.01. The summed E-state index contributed by atoms with van der Waals surface area (Å²) in [6, 6.07) is 11.8. The number of nitrogens with one attached hydrogen (secondary N) is 3. The number of para-hydroxylation sites is 1. The fraction of sp³-hybridized carbons (Fsp3) is 0.211. The molecule has 0 unspecified atom stereocenters. The van der Waals surface area contributed by atoms with Crippen LogP contribution in [0.1, 0.15) is 34.6 Å². The molecule has 0 aromatic heterocycles. The van der Waals surface area contributed by atoms with Crippen LogP contribution in [-0.2, 0) is 0 Å². The highest BCUT2D eigenvalue weighted by Crippen LogP contribution is 2.24. The number of thiocarbonyl (C=S) groups is 1. The van der Waals surface area contributed by atoms with E-state index in [0.717, 1.165) is 4.47 Å². The summed E-state index contributed by atoms with van der Waals surface area (Å²) in [5, 5.41) is 2.44. The van der Waals surface area contributed by atoms with Crippen molar-refractivity contribution in [3.8, 4) is 11.5 Å². The van der Waals surface area contributed by atoms with E-state index < -0.39 is 11.8 Å². The third-order valence-corrected chi connectivity index (χ3v) is 4.11. The van der Waals surface area contributed by atoms with Crippen molar-refractivity contribution in [2.24, 2.45) is 0 Å². The minimum atomic E-state index is -0.471. The van der Waals surface area contributed by atoms with E-state index in [2.05, 4.69) is 32.1 Å². The van der Waals surface area contributed by atoms with E-state index in [-0.39, 0.29) is 11.2 Å². The Morgan fingerprint density at radius 3 is 2.39 bits per heavy atom. The number of carbonyl (C=O) groups excluding carboxylic acids is 2. The molecule has 0 aliphatic heterocycles. The number of halogens is 1. The highest BCUT2D eigenvalue weighted by atomic mass is 79.9. The van der Waals surface area contributed by atoms with Gasteiger partial charge in [-0.1, -0.05) is 28.1 Å². The summed E-state index contributed by atoms with van der Waals surface area (Å²) in [6.45, 7) is 3.73. The SMILES string of the molecule is COc1ccccc1C(=O)NNC(=S)NC(=O)c1cc(Br)ccc1OC(C)C. The highest BCUT2D eigenvalue weighted by molar-refractivity contribution is 9.10. The quantitative estimate of drug-likeness (QED) is 0.464. The first-order valence-corrected chi connectivity index (χ1v) is 9.52. The lowest BCUT2D eigenvalue weighted by Crippen LogP contribution is -2.48. The molecule has 0 saturated carbocycles. The number of hydrazine groups is 1. The standard InChI is InChI=1S/C19H20BrN3O4S/c1-11(2)27-16-9-8-12(20)10-14(16)17(24)21-19(28)23-22-18(25)13-6-4-5-7-15(13)26-3/h4-11H,1-3H3,(H,22,25)(H2,21,23,24,28). The molecule has 0 saturated heterocycles. The van der Waals surface area contributed by atoms with Gasteiger partial charge in [-0.25, -0.2) is 0 Å². The van der Waals surface area contributed by atoms with E-state index in [0.29, 0.717) is 22.6 Å². The van der Waals surface area contributed by atoms with Crippen LogP contribution >= 0.6 is 28.1 Å². The maximum Gasteiger partial charge on any atom is 0.273 e. The van der Waals surface area contributed by atoms with Gasteiger partial charge in [0.15, 0.2) is 5.11 Å². The molecule has 2 rings (SSSR count). The van der Waals surface area contributed by atoms with E-state index in [1.807, 2.05) is 13.8 Å². The largest absolute Gasteiger partial charge is 0.496 e. The molecule has 0 aliphatic rings. The molecule has 0 spiro atoms. The monoisotopic (exact) mass is 465 g/mol. The first kappa shape index (κ1) is 21.6. The molecule has 0 fully saturated rings. The van der Waals surface area contributed by atoms with Gasteiger partial charge >= 0.3 is 0 Å². The fourth-order valence-electron chi connectivity index (χ4n) is 2.25. The molecule has 0 aliphatic carbocycles. The van der Waals surface area contributed by atoms with Gasteiger partial charge in [0.1, 0.15) is 11.5 Å². The topological polar surface area (TPSA) is 88.7 Å². The molecule has 0 heterocycles. The van der Waals surface area contributed by atoms with E-state index >= 15 is 0 Å². The molecule has 2 amide bonds. The molecule has 28 heavy (non-hydrogen) atoms. The Bertz CT molecular complexity index is 889. The second kappa shape index (κ2) is 10.0. The number of hydrogen-bond donors (Lipinski definition) is 3. The van der Waals surface area contributed by atoms with Crippen LogP contribution in [0.15, 0.2) is 46.9 Å². The summed E-state index contributed by atoms with van der Waals surface area (Å²) in [5.41, 5.74) is 5.56. The first-order chi connectivity index (χ1) is 13.3. The molecule has 9 heteroatoms. The van der Waals surface area contributed by atoms with Crippen molar-refractivity contribution in [2.75, 3.05) is 7.11 Å². The lowest BCUT2D eigenvalue weighted by atomic mass is 10.2. The molecule has 0 bridgehead atoms. The number of methoxy groups -OCH3 is 1. The number of ether oxygens (including phenoxy) is 2. The zero-order valence-corrected chi connectivity index (χ0v) is 17.9. The predicted molar refractivity (Wildman–Crippen MR) is 114 cm³/mol. The van der Waals surface area contributed by atoms with Crippen molar-refractivity contribution in [3.05, 3.63) is 58.1 Å². The van der Waals surface area contributed by atoms with Gasteiger partial charge in [-0.05, 0) is 56.4 Å². The third-order valence-electron chi connectivity index (χ3n) is 3.42. The molecule has 2 aromatic carbocycles. The van der Waals surface area contributed by atoms with Gasteiger partial charge in [-0.2, -0.15) is 0 Å². The number of carbonyl (C=O) groups is 2. The lowest BCUT2D eigenvalue weighted by molar-refractivity contribution is 0.0930. The normalized spacial score (nSPS) is 10.2. The van der Waals surface area contributed by atoms with Crippen LogP contribution in [0.2, 0.25) is 0 Å². The minimum Gasteiger partial charge on any atom is -0.496 e. The van der Waals surface area contributed by atoms with Crippen molar-refractivity contribution in [1.29, 1.82) is 0 Å². The van der Waals surface area contributed by atoms with Crippen molar-refractivity contribution >= 4 is 45.1 Å².